The molecule has 0 aromatic rings. The minimum absolute atomic E-state index is 0. The molecule has 0 aliphatic heterocycles. The summed E-state index contributed by atoms with van der Waals surface area (Å²) < 4.78 is 42.6. The van der Waals surface area contributed by atoms with Crippen LogP contribution in [0.5, 0.6) is 0 Å². The van der Waals surface area contributed by atoms with Gasteiger partial charge in [0.15, 0.2) is 0 Å². The Bertz CT molecular complexity index is 196. The summed E-state index contributed by atoms with van der Waals surface area (Å²) in [6.07, 6.45) is 0. The molecule has 0 aromatic heterocycles. The van der Waals surface area contributed by atoms with Crippen LogP contribution in [-0.2, 0) is 49.1 Å². The third-order valence-corrected chi connectivity index (χ3v) is 0. The van der Waals surface area contributed by atoms with Gasteiger partial charge in [0.05, 0.1) is 0 Å². The summed E-state index contributed by atoms with van der Waals surface area (Å²) in [5.41, 5.74) is 0. The number of hydrogen-bond donors (Lipinski definition) is 0. The quantitative estimate of drug-likeness (QED) is 0.173. The second kappa shape index (κ2) is 17.3. The predicted octanol–water partition coefficient (Wildman–Crippen LogP) is -5.99. The summed E-state index contributed by atoms with van der Waals surface area (Å²) in [4.78, 5) is 25.6. The maximum absolute atomic E-state index is 8.55. The van der Waals surface area contributed by atoms with Crippen molar-refractivity contribution in [1.29, 1.82) is 0 Å². The molecular weight excluding hydrogens is 351 g/mol. The van der Waals surface area contributed by atoms with Gasteiger partial charge in [0.1, 0.15) is 0 Å². The van der Waals surface area contributed by atoms with Crippen molar-refractivity contribution in [1.82, 2.24) is 0 Å². The zero-order valence-corrected chi connectivity index (χ0v) is 10.2. The van der Waals surface area contributed by atoms with Crippen molar-refractivity contribution in [3.8, 4) is 0 Å². The average molecular weight is 356 g/mol. The minimum atomic E-state index is -5.39. The molecular formula is H5Fe2O11PS. The standard InChI is InChI=1S/2Fe.H3O4P.H2O4S.3H2O/c;;2*1-5(2,3)4;;;/h;;(H3,1,2,3,4);(H2,1,2,3,4);3*1H2/q2*+3;;;;;/p-6. The predicted molar refractivity (Wildman–Crippen MR) is 27.2 cm³/mol. The van der Waals surface area contributed by atoms with Crippen LogP contribution < -0.4 is 14.7 Å². The Labute approximate surface area is 106 Å². The molecule has 0 fully saturated rings. The third-order valence-electron chi connectivity index (χ3n) is 0. The first-order valence-electron chi connectivity index (χ1n) is 1.40. The minimum Gasteiger partial charge on any atom is -0.870 e. The molecule has 0 spiro atoms. The van der Waals surface area contributed by atoms with E-state index in [2.05, 4.69) is 0 Å². The van der Waals surface area contributed by atoms with E-state index in [4.69, 9.17) is 36.8 Å². The van der Waals surface area contributed by atoms with Crippen molar-refractivity contribution in [2.75, 3.05) is 0 Å². The molecule has 0 aliphatic carbocycles. The Hall–Kier alpha value is 0.899. The number of phosphoric acid groups is 1. The van der Waals surface area contributed by atoms with E-state index in [0.29, 0.717) is 0 Å². The first kappa shape index (κ1) is 44.6. The summed E-state index contributed by atoms with van der Waals surface area (Å²) in [6, 6.07) is 0. The molecule has 0 amide bonds. The third kappa shape index (κ3) is 3070. The molecule has 0 bridgehead atoms. The Morgan fingerprint density at radius 2 is 0.867 bits per heavy atom. The van der Waals surface area contributed by atoms with Gasteiger partial charge in [-0.15, -0.1) is 0 Å². The molecule has 0 rings (SSSR count). The van der Waals surface area contributed by atoms with Crippen LogP contribution in [0.4, 0.5) is 0 Å². The molecule has 0 saturated heterocycles. The van der Waals surface area contributed by atoms with Crippen LogP contribution in [0.25, 0.3) is 0 Å². The summed E-state index contributed by atoms with van der Waals surface area (Å²) in [5.74, 6) is 0. The van der Waals surface area contributed by atoms with Gasteiger partial charge in [0, 0.05) is 10.4 Å². The average Bonchev–Trinajstić information content (AvgIpc) is 1.12. The van der Waals surface area contributed by atoms with Crippen molar-refractivity contribution in [3.05, 3.63) is 0 Å². The Kier molecular flexibility index (Phi) is 51.4. The van der Waals surface area contributed by atoms with E-state index in [1.807, 2.05) is 0 Å². The largest absolute Gasteiger partial charge is 3.00 e. The first-order valence-corrected chi connectivity index (χ1v) is 4.19. The summed E-state index contributed by atoms with van der Waals surface area (Å²) in [7, 11) is -10.6. The maximum atomic E-state index is 8.55. The fourth-order valence-corrected chi connectivity index (χ4v) is 0. The molecule has 0 aliphatic rings. The van der Waals surface area contributed by atoms with Crippen LogP contribution in [0.15, 0.2) is 0 Å². The van der Waals surface area contributed by atoms with Crippen molar-refractivity contribution < 1.29 is 87.3 Å². The molecule has 0 atom stereocenters. The van der Waals surface area contributed by atoms with Gasteiger partial charge < -0.3 is 44.8 Å². The molecule has 5 N–H and O–H groups in total. The van der Waals surface area contributed by atoms with Gasteiger partial charge in [0.2, 0.25) is 0 Å². The summed E-state index contributed by atoms with van der Waals surface area (Å²) in [5, 5.41) is 0. The van der Waals surface area contributed by atoms with E-state index in [-0.39, 0.29) is 50.6 Å². The molecule has 98 valence electrons. The van der Waals surface area contributed by atoms with Crippen molar-refractivity contribution in [3.63, 3.8) is 0 Å². The van der Waals surface area contributed by atoms with Crippen LogP contribution in [0.3, 0.4) is 0 Å². The fraction of sp³-hybridized carbons (Fsp3) is 0. The maximum Gasteiger partial charge on any atom is 3.00 e. The van der Waals surface area contributed by atoms with Crippen molar-refractivity contribution >= 4 is 18.2 Å². The number of rotatable bonds is 0. The smallest absolute Gasteiger partial charge is 0.870 e. The molecule has 0 aromatic carbocycles. The van der Waals surface area contributed by atoms with E-state index >= 15 is 0 Å². The van der Waals surface area contributed by atoms with Crippen molar-refractivity contribution in [2.45, 2.75) is 0 Å². The van der Waals surface area contributed by atoms with E-state index in [1.165, 1.54) is 0 Å². The van der Waals surface area contributed by atoms with Crippen LogP contribution >= 0.6 is 7.82 Å². The zero-order valence-electron chi connectivity index (χ0n) is 6.28. The van der Waals surface area contributed by atoms with Gasteiger partial charge >= 0.3 is 34.1 Å². The van der Waals surface area contributed by atoms with Crippen LogP contribution in [0.2, 0.25) is 0 Å². The van der Waals surface area contributed by atoms with E-state index in [1.54, 1.807) is 0 Å². The van der Waals surface area contributed by atoms with Gasteiger partial charge in [-0.2, -0.15) is 7.82 Å². The Balaban J connectivity index is -0.0000000128. The topological polar surface area (TPSA) is 260 Å². The van der Waals surface area contributed by atoms with Crippen LogP contribution in [0.1, 0.15) is 0 Å². The molecule has 2 radical (unpaired) electrons. The number of hydrogen-bond acceptors (Lipinski definition) is 9. The van der Waals surface area contributed by atoms with Crippen LogP contribution in [-0.4, -0.2) is 34.0 Å². The molecule has 0 saturated carbocycles. The van der Waals surface area contributed by atoms with E-state index < -0.39 is 18.2 Å². The molecule has 11 nitrogen and oxygen atoms in total. The van der Waals surface area contributed by atoms with Gasteiger partial charge in [-0.1, -0.05) is 0 Å². The Morgan fingerprint density at radius 1 is 0.867 bits per heavy atom. The summed E-state index contributed by atoms with van der Waals surface area (Å²) in [6.45, 7) is 0. The fourth-order valence-electron chi connectivity index (χ4n) is 0. The first-order chi connectivity index (χ1) is 4.00. The van der Waals surface area contributed by atoms with Gasteiger partial charge in [-0.3, -0.25) is 8.42 Å². The second-order valence-corrected chi connectivity index (χ2v) is 2.57. The van der Waals surface area contributed by atoms with E-state index in [0.717, 1.165) is 0 Å². The van der Waals surface area contributed by atoms with Gasteiger partial charge in [-0.05, 0) is 0 Å². The van der Waals surface area contributed by atoms with Crippen LogP contribution in [0, 0.1) is 0 Å². The van der Waals surface area contributed by atoms with Gasteiger partial charge in [-0.25, -0.2) is 0 Å². The normalized spacial score (nSPS) is 7.80. The molecule has 15 heavy (non-hydrogen) atoms. The Morgan fingerprint density at radius 3 is 0.867 bits per heavy atom. The molecule has 0 heterocycles. The summed E-state index contributed by atoms with van der Waals surface area (Å²) >= 11 is 0. The molecule has 0 unspecified atom stereocenters. The van der Waals surface area contributed by atoms with Gasteiger partial charge in [0.25, 0.3) is 0 Å². The molecule has 15 heteroatoms. The second-order valence-electron chi connectivity index (χ2n) is 0.855. The zero-order chi connectivity index (χ0) is 9.00. The van der Waals surface area contributed by atoms with E-state index in [9.17, 15) is 0 Å². The monoisotopic (exact) mass is 356 g/mol. The SMILES string of the molecule is O.O.O=P([O-])([O-])[O-].O=S(=O)([O-])[O-].[Fe+3].[Fe+3].[OH-]. The van der Waals surface area contributed by atoms with Crippen molar-refractivity contribution in [2.24, 2.45) is 0 Å².